The fourth-order valence-corrected chi connectivity index (χ4v) is 1.35. The summed E-state index contributed by atoms with van der Waals surface area (Å²) in [4.78, 5) is 22.6. The highest BCUT2D eigenvalue weighted by molar-refractivity contribution is 5.95. The van der Waals surface area contributed by atoms with Crippen molar-refractivity contribution in [3.05, 3.63) is 24.3 Å². The van der Waals surface area contributed by atoms with Gasteiger partial charge in [-0.3, -0.25) is 9.59 Å². The van der Waals surface area contributed by atoms with Crippen molar-refractivity contribution < 1.29 is 14.3 Å². The second-order valence-electron chi connectivity index (χ2n) is 3.87. The van der Waals surface area contributed by atoms with E-state index >= 15 is 0 Å². The van der Waals surface area contributed by atoms with Crippen LogP contribution in [0.25, 0.3) is 0 Å². The Morgan fingerprint density at radius 1 is 1.26 bits per heavy atom. The van der Waals surface area contributed by atoms with Gasteiger partial charge in [-0.2, -0.15) is 0 Å². The van der Waals surface area contributed by atoms with Crippen LogP contribution in [-0.4, -0.2) is 31.5 Å². The smallest absolute Gasteiger partial charge is 0.243 e. The number of hydrogen-bond acceptors (Lipinski definition) is 4. The Balaban J connectivity index is 2.55. The molecule has 1 aromatic rings. The Bertz CT molecular complexity index is 435. The fourth-order valence-electron chi connectivity index (χ4n) is 1.35. The van der Waals surface area contributed by atoms with E-state index in [9.17, 15) is 9.59 Å². The molecule has 0 saturated carbocycles. The average Bonchev–Trinajstić information content (AvgIpc) is 2.43. The molecule has 6 heteroatoms. The largest absolute Gasteiger partial charge is 0.491 e. The van der Waals surface area contributed by atoms with Gasteiger partial charge in [0.1, 0.15) is 5.75 Å². The van der Waals surface area contributed by atoms with E-state index in [1.807, 2.05) is 13.0 Å². The molecule has 1 rings (SSSR count). The zero-order valence-corrected chi connectivity index (χ0v) is 10.9. The van der Waals surface area contributed by atoms with Crippen LogP contribution in [0.3, 0.4) is 0 Å². The number of amides is 2. The van der Waals surface area contributed by atoms with E-state index in [-0.39, 0.29) is 24.9 Å². The number of para-hydroxylation sites is 2. The highest BCUT2D eigenvalue weighted by Crippen LogP contribution is 2.23. The van der Waals surface area contributed by atoms with Gasteiger partial charge in [-0.15, -0.1) is 0 Å². The maximum absolute atomic E-state index is 11.6. The molecule has 1 aromatic carbocycles. The lowest BCUT2D eigenvalue weighted by atomic mass is 10.3. The SMILES string of the molecule is CCCOc1ccccc1NC(=O)CNC(=O)CN. The van der Waals surface area contributed by atoms with Crippen molar-refractivity contribution in [1.29, 1.82) is 0 Å². The minimum atomic E-state index is -0.370. The highest BCUT2D eigenvalue weighted by atomic mass is 16.5. The molecule has 6 nitrogen and oxygen atoms in total. The number of carbonyl (C=O) groups is 2. The zero-order chi connectivity index (χ0) is 14.1. The Labute approximate surface area is 112 Å². The summed E-state index contributed by atoms with van der Waals surface area (Å²) >= 11 is 0. The van der Waals surface area contributed by atoms with E-state index < -0.39 is 0 Å². The van der Waals surface area contributed by atoms with Gasteiger partial charge in [0, 0.05) is 0 Å². The molecule has 4 N–H and O–H groups in total. The summed E-state index contributed by atoms with van der Waals surface area (Å²) in [6.07, 6.45) is 0.884. The highest BCUT2D eigenvalue weighted by Gasteiger charge is 2.08. The number of rotatable bonds is 7. The van der Waals surface area contributed by atoms with Crippen LogP contribution >= 0.6 is 0 Å². The van der Waals surface area contributed by atoms with Crippen LogP contribution in [0.5, 0.6) is 5.75 Å². The first-order valence-electron chi connectivity index (χ1n) is 6.15. The van der Waals surface area contributed by atoms with Crippen LogP contribution in [0, 0.1) is 0 Å². The van der Waals surface area contributed by atoms with Gasteiger partial charge < -0.3 is 21.1 Å². The third kappa shape index (κ3) is 5.39. The van der Waals surface area contributed by atoms with Gasteiger partial charge in [0.25, 0.3) is 0 Å². The predicted molar refractivity (Wildman–Crippen MR) is 72.9 cm³/mol. The maximum Gasteiger partial charge on any atom is 0.243 e. The van der Waals surface area contributed by atoms with Crippen molar-refractivity contribution in [1.82, 2.24) is 5.32 Å². The molecule has 2 amide bonds. The van der Waals surface area contributed by atoms with Gasteiger partial charge in [-0.25, -0.2) is 0 Å². The molecule has 0 aromatic heterocycles. The molecule has 0 radical (unpaired) electrons. The zero-order valence-electron chi connectivity index (χ0n) is 10.9. The average molecular weight is 265 g/mol. The first-order chi connectivity index (χ1) is 9.17. The molecule has 0 atom stereocenters. The second kappa shape index (κ2) is 8.10. The van der Waals surface area contributed by atoms with Crippen molar-refractivity contribution in [3.8, 4) is 5.75 Å². The third-order valence-corrected chi connectivity index (χ3v) is 2.25. The Kier molecular flexibility index (Phi) is 6.38. The van der Waals surface area contributed by atoms with E-state index in [0.717, 1.165) is 6.42 Å². The van der Waals surface area contributed by atoms with Gasteiger partial charge in [0.05, 0.1) is 25.4 Å². The lowest BCUT2D eigenvalue weighted by Crippen LogP contribution is -2.36. The molecule has 0 saturated heterocycles. The van der Waals surface area contributed by atoms with E-state index in [4.69, 9.17) is 10.5 Å². The summed E-state index contributed by atoms with van der Waals surface area (Å²) in [7, 11) is 0. The lowest BCUT2D eigenvalue weighted by Gasteiger charge is -2.12. The molecule has 0 aliphatic carbocycles. The molecular formula is C13H19N3O3. The van der Waals surface area contributed by atoms with Crippen molar-refractivity contribution >= 4 is 17.5 Å². The molecule has 0 heterocycles. The minimum absolute atomic E-state index is 0.113. The van der Waals surface area contributed by atoms with Gasteiger partial charge in [0.2, 0.25) is 11.8 Å². The number of benzene rings is 1. The van der Waals surface area contributed by atoms with Gasteiger partial charge >= 0.3 is 0 Å². The molecule has 0 aliphatic heterocycles. The second-order valence-corrected chi connectivity index (χ2v) is 3.87. The molecular weight excluding hydrogens is 246 g/mol. The van der Waals surface area contributed by atoms with Gasteiger partial charge in [-0.05, 0) is 18.6 Å². The van der Waals surface area contributed by atoms with Crippen molar-refractivity contribution in [2.24, 2.45) is 5.73 Å². The monoisotopic (exact) mass is 265 g/mol. The van der Waals surface area contributed by atoms with Crippen molar-refractivity contribution in [2.45, 2.75) is 13.3 Å². The van der Waals surface area contributed by atoms with Crippen molar-refractivity contribution in [2.75, 3.05) is 25.0 Å². The first-order valence-corrected chi connectivity index (χ1v) is 6.15. The summed E-state index contributed by atoms with van der Waals surface area (Å²) < 4.78 is 5.51. The molecule has 0 bridgehead atoms. The quantitative estimate of drug-likeness (QED) is 0.669. The number of nitrogens with two attached hydrogens (primary N) is 1. The summed E-state index contributed by atoms with van der Waals surface area (Å²) in [5, 5.41) is 5.08. The maximum atomic E-state index is 11.6. The van der Waals surface area contributed by atoms with E-state index in [0.29, 0.717) is 18.0 Å². The summed E-state index contributed by atoms with van der Waals surface area (Å²) in [6, 6.07) is 7.15. The van der Waals surface area contributed by atoms with Gasteiger partial charge in [0.15, 0.2) is 0 Å². The summed E-state index contributed by atoms with van der Waals surface area (Å²) in [5.74, 6) is -0.0807. The van der Waals surface area contributed by atoms with Crippen molar-refractivity contribution in [3.63, 3.8) is 0 Å². The predicted octanol–water partition coefficient (Wildman–Crippen LogP) is 0.489. The number of anilines is 1. The van der Waals surface area contributed by atoms with E-state index in [1.54, 1.807) is 18.2 Å². The Morgan fingerprint density at radius 3 is 2.68 bits per heavy atom. The van der Waals surface area contributed by atoms with Gasteiger partial charge in [-0.1, -0.05) is 19.1 Å². The number of nitrogens with one attached hydrogen (secondary N) is 2. The van der Waals surface area contributed by atoms with Crippen LogP contribution in [0.2, 0.25) is 0 Å². The van der Waals surface area contributed by atoms with Crippen LogP contribution in [0.4, 0.5) is 5.69 Å². The lowest BCUT2D eigenvalue weighted by molar-refractivity contribution is -0.123. The Hall–Kier alpha value is -2.08. The molecule has 0 unspecified atom stereocenters. The number of ether oxygens (including phenoxy) is 1. The molecule has 0 aliphatic rings. The molecule has 19 heavy (non-hydrogen) atoms. The van der Waals surface area contributed by atoms with E-state index in [2.05, 4.69) is 10.6 Å². The molecule has 0 fully saturated rings. The minimum Gasteiger partial charge on any atom is -0.491 e. The molecule has 0 spiro atoms. The standard InChI is InChI=1S/C13H19N3O3/c1-2-7-19-11-6-4-3-5-10(11)16-13(18)9-15-12(17)8-14/h3-6H,2,7-9,14H2,1H3,(H,15,17)(H,16,18). The normalized spacial score (nSPS) is 9.79. The number of hydrogen-bond donors (Lipinski definition) is 3. The summed E-state index contributed by atoms with van der Waals surface area (Å²) in [5.41, 5.74) is 5.71. The topological polar surface area (TPSA) is 93.5 Å². The first kappa shape index (κ1) is 15.0. The van der Waals surface area contributed by atoms with E-state index in [1.165, 1.54) is 0 Å². The van der Waals surface area contributed by atoms with Crippen LogP contribution < -0.4 is 21.1 Å². The van der Waals surface area contributed by atoms with Crippen LogP contribution in [0.15, 0.2) is 24.3 Å². The molecule has 104 valence electrons. The third-order valence-electron chi connectivity index (χ3n) is 2.25. The van der Waals surface area contributed by atoms with Crippen LogP contribution in [-0.2, 0) is 9.59 Å². The Morgan fingerprint density at radius 2 is 2.00 bits per heavy atom. The van der Waals surface area contributed by atoms with Crippen LogP contribution in [0.1, 0.15) is 13.3 Å². The fraction of sp³-hybridized carbons (Fsp3) is 0.385. The number of carbonyl (C=O) groups excluding carboxylic acids is 2. The summed E-state index contributed by atoms with van der Waals surface area (Å²) in [6.45, 7) is 2.34.